The smallest absolute Gasteiger partial charge is 0.347 e. The van der Waals surface area contributed by atoms with Crippen molar-refractivity contribution in [3.63, 3.8) is 0 Å². The van der Waals surface area contributed by atoms with Gasteiger partial charge < -0.3 is 5.32 Å². The van der Waals surface area contributed by atoms with Crippen LogP contribution in [0.2, 0.25) is 0 Å². The Morgan fingerprint density at radius 2 is 2.09 bits per heavy atom. The van der Waals surface area contributed by atoms with Crippen molar-refractivity contribution in [2.75, 3.05) is 5.32 Å². The standard InChI is InChI=1S/C14H19N7O/c1-14(2,3)10-8-21-12(18-19-13(21)22)11(17-10)15-5-9-6-16-20(4)7-9/h6-8H,5H2,1-4H3,(H,15,17)(H,19,22). The fourth-order valence-electron chi connectivity index (χ4n) is 2.14. The van der Waals surface area contributed by atoms with Gasteiger partial charge in [0.15, 0.2) is 5.82 Å². The summed E-state index contributed by atoms with van der Waals surface area (Å²) in [5.41, 5.74) is 1.89. The summed E-state index contributed by atoms with van der Waals surface area (Å²) in [7, 11) is 1.87. The summed E-state index contributed by atoms with van der Waals surface area (Å²) in [6, 6.07) is 0. The van der Waals surface area contributed by atoms with Gasteiger partial charge in [0, 0.05) is 37.0 Å². The van der Waals surface area contributed by atoms with Gasteiger partial charge in [0.1, 0.15) is 0 Å². The van der Waals surface area contributed by atoms with Crippen molar-refractivity contribution in [2.45, 2.75) is 32.7 Å². The highest BCUT2D eigenvalue weighted by molar-refractivity contribution is 5.62. The van der Waals surface area contributed by atoms with E-state index in [0.717, 1.165) is 11.3 Å². The summed E-state index contributed by atoms with van der Waals surface area (Å²) < 4.78 is 3.23. The number of hydrogen-bond donors (Lipinski definition) is 2. The zero-order valence-electron chi connectivity index (χ0n) is 13.1. The van der Waals surface area contributed by atoms with Crippen molar-refractivity contribution in [1.82, 2.24) is 29.4 Å². The SMILES string of the molecule is Cn1cc(CNc2nc(C(C)(C)C)cn3c(=O)[nH]nc23)cn1. The molecular formula is C14H19N7O. The van der Waals surface area contributed by atoms with Crippen LogP contribution in [0.3, 0.4) is 0 Å². The number of aromatic amines is 1. The van der Waals surface area contributed by atoms with Crippen LogP contribution in [0.4, 0.5) is 5.82 Å². The second-order valence-corrected chi connectivity index (χ2v) is 6.32. The highest BCUT2D eigenvalue weighted by atomic mass is 16.1. The molecular weight excluding hydrogens is 282 g/mol. The van der Waals surface area contributed by atoms with Crippen LogP contribution in [0.25, 0.3) is 5.65 Å². The molecule has 22 heavy (non-hydrogen) atoms. The lowest BCUT2D eigenvalue weighted by molar-refractivity contribution is 0.565. The molecule has 0 saturated heterocycles. The van der Waals surface area contributed by atoms with E-state index >= 15 is 0 Å². The lowest BCUT2D eigenvalue weighted by Crippen LogP contribution is -2.19. The maximum Gasteiger partial charge on any atom is 0.347 e. The van der Waals surface area contributed by atoms with Gasteiger partial charge in [-0.25, -0.2) is 19.3 Å². The lowest BCUT2D eigenvalue weighted by atomic mass is 9.93. The first-order valence-corrected chi connectivity index (χ1v) is 7.04. The Kier molecular flexibility index (Phi) is 3.23. The van der Waals surface area contributed by atoms with Crippen molar-refractivity contribution < 1.29 is 0 Å². The first-order valence-electron chi connectivity index (χ1n) is 7.04. The molecule has 3 aromatic rings. The summed E-state index contributed by atoms with van der Waals surface area (Å²) >= 11 is 0. The molecule has 0 amide bonds. The molecule has 0 aliphatic rings. The number of H-pyrrole nitrogens is 1. The van der Waals surface area contributed by atoms with Crippen LogP contribution in [-0.2, 0) is 19.0 Å². The van der Waals surface area contributed by atoms with Gasteiger partial charge in [0.05, 0.1) is 11.9 Å². The average Bonchev–Trinajstić information content (AvgIpc) is 3.02. The minimum Gasteiger partial charge on any atom is -0.363 e. The van der Waals surface area contributed by atoms with Gasteiger partial charge in [0.2, 0.25) is 5.65 Å². The zero-order chi connectivity index (χ0) is 15.9. The first kappa shape index (κ1) is 14.3. The third-order valence-corrected chi connectivity index (χ3v) is 3.39. The normalized spacial score (nSPS) is 12.0. The highest BCUT2D eigenvalue weighted by Gasteiger charge is 2.19. The molecule has 0 spiro atoms. The summed E-state index contributed by atoms with van der Waals surface area (Å²) in [6.45, 7) is 6.72. The van der Waals surface area contributed by atoms with Crippen LogP contribution in [0, 0.1) is 0 Å². The maximum atomic E-state index is 11.9. The summed E-state index contributed by atoms with van der Waals surface area (Å²) in [6.07, 6.45) is 5.44. The van der Waals surface area contributed by atoms with Crippen LogP contribution in [0.5, 0.6) is 0 Å². The van der Waals surface area contributed by atoms with Gasteiger partial charge in [-0.3, -0.25) is 4.68 Å². The van der Waals surface area contributed by atoms with Crippen LogP contribution in [-0.4, -0.2) is 29.4 Å². The number of aromatic nitrogens is 6. The monoisotopic (exact) mass is 301 g/mol. The van der Waals surface area contributed by atoms with Crippen LogP contribution < -0.4 is 11.0 Å². The number of rotatable bonds is 3. The van der Waals surface area contributed by atoms with Crippen molar-refractivity contribution in [3.8, 4) is 0 Å². The minimum atomic E-state index is -0.271. The van der Waals surface area contributed by atoms with Crippen molar-refractivity contribution in [1.29, 1.82) is 0 Å². The van der Waals surface area contributed by atoms with Crippen molar-refractivity contribution in [2.24, 2.45) is 7.05 Å². The molecule has 8 heteroatoms. The van der Waals surface area contributed by atoms with Crippen LogP contribution in [0.1, 0.15) is 32.0 Å². The zero-order valence-corrected chi connectivity index (χ0v) is 13.1. The molecule has 8 nitrogen and oxygen atoms in total. The number of aryl methyl sites for hydroxylation is 1. The van der Waals surface area contributed by atoms with E-state index in [1.165, 1.54) is 4.40 Å². The molecule has 0 aliphatic carbocycles. The number of nitrogens with one attached hydrogen (secondary N) is 2. The predicted octanol–water partition coefficient (Wildman–Crippen LogP) is 1.06. The second-order valence-electron chi connectivity index (χ2n) is 6.32. The van der Waals surface area contributed by atoms with E-state index in [2.05, 4.69) is 46.4 Å². The molecule has 2 N–H and O–H groups in total. The van der Waals surface area contributed by atoms with Crippen molar-refractivity contribution >= 4 is 11.5 Å². The summed E-state index contributed by atoms with van der Waals surface area (Å²) in [5.74, 6) is 0.578. The summed E-state index contributed by atoms with van der Waals surface area (Å²) in [4.78, 5) is 16.5. The van der Waals surface area contributed by atoms with Crippen molar-refractivity contribution in [3.05, 3.63) is 40.3 Å². The van der Waals surface area contributed by atoms with E-state index in [9.17, 15) is 4.79 Å². The van der Waals surface area contributed by atoms with Gasteiger partial charge in [-0.2, -0.15) is 5.10 Å². The van der Waals surface area contributed by atoms with E-state index < -0.39 is 0 Å². The highest BCUT2D eigenvalue weighted by Crippen LogP contribution is 2.23. The maximum absolute atomic E-state index is 11.9. The Balaban J connectivity index is 2.01. The molecule has 3 heterocycles. The largest absolute Gasteiger partial charge is 0.363 e. The quantitative estimate of drug-likeness (QED) is 0.754. The van der Waals surface area contributed by atoms with Gasteiger partial charge in [-0.1, -0.05) is 20.8 Å². The lowest BCUT2D eigenvalue weighted by Gasteiger charge is -2.19. The van der Waals surface area contributed by atoms with E-state index in [4.69, 9.17) is 0 Å². The molecule has 0 radical (unpaired) electrons. The Morgan fingerprint density at radius 3 is 2.73 bits per heavy atom. The molecule has 116 valence electrons. The second kappa shape index (κ2) is 4.97. The van der Waals surface area contributed by atoms with Crippen LogP contribution >= 0.6 is 0 Å². The third-order valence-electron chi connectivity index (χ3n) is 3.39. The number of anilines is 1. The first-order chi connectivity index (χ1) is 10.3. The molecule has 0 aromatic carbocycles. The number of hydrogen-bond acceptors (Lipinski definition) is 5. The molecule has 3 rings (SSSR count). The molecule has 3 aromatic heterocycles. The van der Waals surface area contributed by atoms with E-state index in [1.807, 2.05) is 13.2 Å². The molecule has 0 fully saturated rings. The Hall–Kier alpha value is -2.64. The Bertz CT molecular complexity index is 865. The molecule has 0 atom stereocenters. The molecule has 0 aliphatic heterocycles. The fraction of sp³-hybridized carbons (Fsp3) is 0.429. The van der Waals surface area contributed by atoms with Gasteiger partial charge in [0.25, 0.3) is 0 Å². The Morgan fingerprint density at radius 1 is 1.32 bits per heavy atom. The number of nitrogens with zero attached hydrogens (tertiary/aromatic N) is 5. The third kappa shape index (κ3) is 2.59. The molecule has 0 unspecified atom stereocenters. The van der Waals surface area contributed by atoms with Crippen LogP contribution in [0.15, 0.2) is 23.4 Å². The molecule has 0 bridgehead atoms. The number of fused-ring (bicyclic) bond motifs is 1. The topological polar surface area (TPSA) is 92.9 Å². The molecule has 0 saturated carbocycles. The summed E-state index contributed by atoms with van der Waals surface area (Å²) in [5, 5.41) is 13.9. The van der Waals surface area contributed by atoms with Gasteiger partial charge in [-0.15, -0.1) is 5.10 Å². The predicted molar refractivity (Wildman–Crippen MR) is 82.8 cm³/mol. The van der Waals surface area contributed by atoms with Gasteiger partial charge >= 0.3 is 5.69 Å². The van der Waals surface area contributed by atoms with E-state index in [-0.39, 0.29) is 11.1 Å². The van der Waals surface area contributed by atoms with E-state index in [1.54, 1.807) is 17.1 Å². The van der Waals surface area contributed by atoms with E-state index in [0.29, 0.717) is 18.0 Å². The fourth-order valence-corrected chi connectivity index (χ4v) is 2.14. The Labute approximate surface area is 127 Å². The van der Waals surface area contributed by atoms with Gasteiger partial charge in [-0.05, 0) is 0 Å². The minimum absolute atomic E-state index is 0.171. The average molecular weight is 301 g/mol.